The van der Waals surface area contributed by atoms with Crippen molar-refractivity contribution in [3.63, 3.8) is 0 Å². The fraction of sp³-hybridized carbons (Fsp3) is 0.0667. The highest BCUT2D eigenvalue weighted by atomic mass is 32.1. The molecule has 0 aliphatic rings. The number of nitrogens with zero attached hydrogens (tertiary/aromatic N) is 1. The maximum absolute atomic E-state index is 11.6. The molecule has 1 N–H and O–H groups in total. The number of carbonyl (C=O) groups excluding carboxylic acids is 1. The molecule has 0 fully saturated rings. The van der Waals surface area contributed by atoms with Crippen LogP contribution in [0.25, 0.3) is 10.4 Å². The van der Waals surface area contributed by atoms with Gasteiger partial charge in [-0.1, -0.05) is 59.9 Å². The van der Waals surface area contributed by atoms with Gasteiger partial charge in [0.15, 0.2) is 5.13 Å². The molecular weight excluding hydrogens is 256 g/mol. The molecule has 0 saturated carbocycles. The molecule has 0 aliphatic heterocycles. The van der Waals surface area contributed by atoms with Crippen molar-refractivity contribution in [2.45, 2.75) is 6.92 Å². The molecule has 2 aromatic rings. The summed E-state index contributed by atoms with van der Waals surface area (Å²) in [7, 11) is 0. The van der Waals surface area contributed by atoms with Gasteiger partial charge in [0.25, 0.3) is 0 Å². The molecule has 2 rings (SSSR count). The second-order valence-electron chi connectivity index (χ2n) is 3.77. The van der Waals surface area contributed by atoms with Gasteiger partial charge in [-0.15, -0.1) is 0 Å². The minimum atomic E-state index is -0.174. The monoisotopic (exact) mass is 270 g/mol. The summed E-state index contributed by atoms with van der Waals surface area (Å²) in [5, 5.41) is 3.34. The molecule has 4 heteroatoms. The Morgan fingerprint density at radius 3 is 2.79 bits per heavy atom. The normalized spacial score (nSPS) is 11.2. The van der Waals surface area contributed by atoms with Crippen LogP contribution >= 0.6 is 11.3 Å². The van der Waals surface area contributed by atoms with Gasteiger partial charge in [-0.25, -0.2) is 4.98 Å². The van der Waals surface area contributed by atoms with Gasteiger partial charge in [0.1, 0.15) is 0 Å². The number of amides is 1. The van der Waals surface area contributed by atoms with E-state index < -0.39 is 0 Å². The van der Waals surface area contributed by atoms with Crippen LogP contribution in [0, 0.1) is 0 Å². The molecule has 1 aromatic heterocycles. The Balaban J connectivity index is 2.04. The van der Waals surface area contributed by atoms with Gasteiger partial charge in [-0.2, -0.15) is 0 Å². The van der Waals surface area contributed by atoms with E-state index in [0.29, 0.717) is 5.13 Å². The number of aromatic nitrogens is 1. The first-order valence-corrected chi connectivity index (χ1v) is 6.73. The topological polar surface area (TPSA) is 42.0 Å². The minimum Gasteiger partial charge on any atom is -0.298 e. The van der Waals surface area contributed by atoms with Gasteiger partial charge in [0.05, 0.1) is 4.88 Å². The average Bonchev–Trinajstić information content (AvgIpc) is 2.88. The van der Waals surface area contributed by atoms with Crippen molar-refractivity contribution >= 4 is 22.4 Å². The van der Waals surface area contributed by atoms with E-state index in [1.54, 1.807) is 18.3 Å². The van der Waals surface area contributed by atoms with Gasteiger partial charge in [0.2, 0.25) is 5.91 Å². The number of hydrogen-bond donors (Lipinski definition) is 1. The highest BCUT2D eigenvalue weighted by Crippen LogP contribution is 2.28. The van der Waals surface area contributed by atoms with Crippen LogP contribution < -0.4 is 5.32 Å². The Labute approximate surface area is 116 Å². The van der Waals surface area contributed by atoms with Crippen LogP contribution in [0.5, 0.6) is 0 Å². The Morgan fingerprint density at radius 1 is 1.26 bits per heavy atom. The lowest BCUT2D eigenvalue weighted by atomic mass is 10.2. The molecule has 0 spiro atoms. The number of rotatable bonds is 4. The van der Waals surface area contributed by atoms with Crippen molar-refractivity contribution in [3.05, 3.63) is 60.8 Å². The van der Waals surface area contributed by atoms with Crippen LogP contribution in [0.3, 0.4) is 0 Å². The maximum Gasteiger partial charge on any atom is 0.250 e. The first kappa shape index (κ1) is 13.2. The van der Waals surface area contributed by atoms with Crippen LogP contribution in [0.4, 0.5) is 5.13 Å². The second kappa shape index (κ2) is 6.66. The molecule has 0 atom stereocenters. The van der Waals surface area contributed by atoms with Crippen molar-refractivity contribution in [1.29, 1.82) is 0 Å². The van der Waals surface area contributed by atoms with Crippen LogP contribution in [-0.2, 0) is 4.79 Å². The molecule has 19 heavy (non-hydrogen) atoms. The molecule has 1 aromatic carbocycles. The fourth-order valence-corrected chi connectivity index (χ4v) is 2.29. The molecule has 0 saturated heterocycles. The molecule has 1 heterocycles. The summed E-state index contributed by atoms with van der Waals surface area (Å²) < 4.78 is 0. The molecule has 0 radical (unpaired) electrons. The first-order chi connectivity index (χ1) is 9.29. The zero-order valence-electron chi connectivity index (χ0n) is 10.5. The minimum absolute atomic E-state index is 0.174. The summed E-state index contributed by atoms with van der Waals surface area (Å²) in [6.07, 6.45) is 8.60. The zero-order chi connectivity index (χ0) is 13.5. The van der Waals surface area contributed by atoms with E-state index in [4.69, 9.17) is 0 Å². The van der Waals surface area contributed by atoms with E-state index in [-0.39, 0.29) is 5.91 Å². The highest BCUT2D eigenvalue weighted by Gasteiger charge is 2.05. The lowest BCUT2D eigenvalue weighted by molar-refractivity contribution is -0.111. The highest BCUT2D eigenvalue weighted by molar-refractivity contribution is 7.19. The van der Waals surface area contributed by atoms with Crippen LogP contribution in [0.2, 0.25) is 0 Å². The lowest BCUT2D eigenvalue weighted by Gasteiger charge is -1.95. The number of thiazole rings is 1. The van der Waals surface area contributed by atoms with E-state index in [1.807, 2.05) is 43.3 Å². The molecule has 0 bridgehead atoms. The fourth-order valence-electron chi connectivity index (χ4n) is 1.47. The van der Waals surface area contributed by atoms with Crippen molar-refractivity contribution in [1.82, 2.24) is 4.98 Å². The van der Waals surface area contributed by atoms with Crippen molar-refractivity contribution in [2.75, 3.05) is 5.32 Å². The molecule has 3 nitrogen and oxygen atoms in total. The van der Waals surface area contributed by atoms with E-state index >= 15 is 0 Å². The average molecular weight is 270 g/mol. The van der Waals surface area contributed by atoms with Gasteiger partial charge < -0.3 is 0 Å². The summed E-state index contributed by atoms with van der Waals surface area (Å²) >= 11 is 1.46. The zero-order valence-corrected chi connectivity index (χ0v) is 11.4. The predicted octanol–water partition coefficient (Wildman–Crippen LogP) is 3.88. The number of nitrogens with one attached hydrogen (secondary N) is 1. The number of anilines is 1. The summed E-state index contributed by atoms with van der Waals surface area (Å²) in [5.74, 6) is -0.174. The molecule has 0 unspecified atom stereocenters. The number of allylic oxidation sites excluding steroid dienone is 3. The largest absolute Gasteiger partial charge is 0.298 e. The van der Waals surface area contributed by atoms with Gasteiger partial charge in [-0.05, 0) is 12.5 Å². The van der Waals surface area contributed by atoms with E-state index in [2.05, 4.69) is 10.3 Å². The van der Waals surface area contributed by atoms with E-state index in [9.17, 15) is 4.79 Å². The van der Waals surface area contributed by atoms with E-state index in [1.165, 1.54) is 17.4 Å². The number of carbonyl (C=O) groups is 1. The summed E-state index contributed by atoms with van der Waals surface area (Å²) in [4.78, 5) is 16.8. The van der Waals surface area contributed by atoms with Crippen molar-refractivity contribution < 1.29 is 4.79 Å². The first-order valence-electron chi connectivity index (χ1n) is 5.91. The van der Waals surface area contributed by atoms with Gasteiger partial charge in [0, 0.05) is 12.3 Å². The molecule has 1 amide bonds. The Kier molecular flexibility index (Phi) is 4.64. The van der Waals surface area contributed by atoms with Crippen LogP contribution in [0.15, 0.2) is 60.8 Å². The second-order valence-corrected chi connectivity index (χ2v) is 4.80. The quantitative estimate of drug-likeness (QED) is 0.676. The van der Waals surface area contributed by atoms with Crippen molar-refractivity contribution in [3.8, 4) is 10.4 Å². The Morgan fingerprint density at radius 2 is 2.05 bits per heavy atom. The third-order valence-corrected chi connectivity index (χ3v) is 3.31. The number of benzene rings is 1. The maximum atomic E-state index is 11.6. The Hall–Kier alpha value is -2.20. The third kappa shape index (κ3) is 3.89. The van der Waals surface area contributed by atoms with Gasteiger partial charge >= 0.3 is 0 Å². The summed E-state index contributed by atoms with van der Waals surface area (Å²) in [6.45, 7) is 1.90. The summed E-state index contributed by atoms with van der Waals surface area (Å²) in [5.41, 5.74) is 1.10. The SMILES string of the molecule is CC=CC=CC(=O)Nc1ncc(-c2ccccc2)s1. The predicted molar refractivity (Wildman–Crippen MR) is 80.1 cm³/mol. The molecular formula is C15H14N2OS. The van der Waals surface area contributed by atoms with Crippen LogP contribution in [-0.4, -0.2) is 10.9 Å². The third-order valence-electron chi connectivity index (χ3n) is 2.35. The standard InChI is InChI=1S/C15H14N2OS/c1-2-3-5-10-14(18)17-15-16-11-13(19-15)12-8-6-4-7-9-12/h2-11H,1H3,(H,16,17,18). The Bertz CT molecular complexity index is 600. The lowest BCUT2D eigenvalue weighted by Crippen LogP contribution is -2.06. The summed E-state index contributed by atoms with van der Waals surface area (Å²) in [6, 6.07) is 9.97. The smallest absolute Gasteiger partial charge is 0.250 e. The molecule has 0 aliphatic carbocycles. The van der Waals surface area contributed by atoms with E-state index in [0.717, 1.165) is 10.4 Å². The molecule has 96 valence electrons. The van der Waals surface area contributed by atoms with Crippen LogP contribution in [0.1, 0.15) is 6.92 Å². The number of hydrogen-bond acceptors (Lipinski definition) is 3. The van der Waals surface area contributed by atoms with Gasteiger partial charge in [-0.3, -0.25) is 10.1 Å². The van der Waals surface area contributed by atoms with Crippen molar-refractivity contribution in [2.24, 2.45) is 0 Å².